The monoisotopic (exact) mass is 302 g/mol. The summed E-state index contributed by atoms with van der Waals surface area (Å²) < 4.78 is 0. The van der Waals surface area contributed by atoms with Crippen molar-refractivity contribution in [2.75, 3.05) is 19.7 Å². The molecule has 0 spiro atoms. The van der Waals surface area contributed by atoms with Gasteiger partial charge < -0.3 is 15.3 Å². The molecule has 0 aromatic heterocycles. The number of carbonyl (C=O) groups is 1. The van der Waals surface area contributed by atoms with E-state index in [9.17, 15) is 9.90 Å². The van der Waals surface area contributed by atoms with Gasteiger partial charge in [0.1, 0.15) is 0 Å². The molecule has 2 fully saturated rings. The summed E-state index contributed by atoms with van der Waals surface area (Å²) in [5, 5.41) is 12.4. The molecule has 120 valence electrons. The van der Waals surface area contributed by atoms with E-state index in [1.807, 2.05) is 18.2 Å². The number of hydrogen-bond donors (Lipinski definition) is 2. The zero-order chi connectivity index (χ0) is 15.4. The van der Waals surface area contributed by atoms with Crippen molar-refractivity contribution in [3.8, 4) is 0 Å². The van der Waals surface area contributed by atoms with Crippen LogP contribution in [0, 0.1) is 11.8 Å². The molecule has 0 bridgehead atoms. The molecule has 0 unspecified atom stereocenters. The highest BCUT2D eigenvalue weighted by Gasteiger charge is 2.32. The molecule has 2 amide bonds. The summed E-state index contributed by atoms with van der Waals surface area (Å²) in [5.74, 6) is 1.18. The number of hydrogen-bond acceptors (Lipinski definition) is 2. The summed E-state index contributed by atoms with van der Waals surface area (Å²) >= 11 is 0. The smallest absolute Gasteiger partial charge is 0.317 e. The van der Waals surface area contributed by atoms with Gasteiger partial charge in [0, 0.05) is 13.1 Å². The zero-order valence-electron chi connectivity index (χ0n) is 13.1. The first-order valence-electron chi connectivity index (χ1n) is 8.49. The molecule has 4 nitrogen and oxygen atoms in total. The Morgan fingerprint density at radius 2 is 1.95 bits per heavy atom. The summed E-state index contributed by atoms with van der Waals surface area (Å²) in [4.78, 5) is 14.4. The van der Waals surface area contributed by atoms with Crippen LogP contribution in [0.15, 0.2) is 30.3 Å². The van der Waals surface area contributed by atoms with Gasteiger partial charge in [-0.1, -0.05) is 36.8 Å². The largest absolute Gasteiger partial charge is 0.395 e. The maximum Gasteiger partial charge on any atom is 0.317 e. The third-order valence-corrected chi connectivity index (χ3v) is 4.89. The lowest BCUT2D eigenvalue weighted by Crippen LogP contribution is -2.46. The summed E-state index contributed by atoms with van der Waals surface area (Å²) in [6.45, 7) is 1.23. The van der Waals surface area contributed by atoms with Crippen LogP contribution in [-0.4, -0.2) is 35.7 Å². The van der Waals surface area contributed by atoms with Crippen molar-refractivity contribution in [1.82, 2.24) is 10.2 Å². The van der Waals surface area contributed by atoms with E-state index < -0.39 is 0 Å². The number of urea groups is 1. The number of amides is 2. The van der Waals surface area contributed by atoms with Crippen molar-refractivity contribution in [2.24, 2.45) is 11.8 Å². The van der Waals surface area contributed by atoms with E-state index in [2.05, 4.69) is 17.4 Å². The summed E-state index contributed by atoms with van der Waals surface area (Å²) in [6.07, 6.45) is 6.04. The summed E-state index contributed by atoms with van der Waals surface area (Å²) in [5.41, 5.74) is 1.19. The van der Waals surface area contributed by atoms with Crippen LogP contribution in [-0.2, 0) is 0 Å². The highest BCUT2D eigenvalue weighted by molar-refractivity contribution is 5.75. The van der Waals surface area contributed by atoms with E-state index in [1.165, 1.54) is 37.7 Å². The molecule has 0 radical (unpaired) electrons. The minimum Gasteiger partial charge on any atom is -0.395 e. The first-order valence-corrected chi connectivity index (χ1v) is 8.49. The molecule has 22 heavy (non-hydrogen) atoms. The van der Waals surface area contributed by atoms with Gasteiger partial charge >= 0.3 is 6.03 Å². The number of nitrogens with zero attached hydrogens (tertiary/aromatic N) is 1. The molecular weight excluding hydrogens is 276 g/mol. The maximum atomic E-state index is 12.6. The Labute approximate surface area is 132 Å². The second-order valence-electron chi connectivity index (χ2n) is 6.64. The van der Waals surface area contributed by atoms with Crippen LogP contribution in [0.3, 0.4) is 0 Å². The van der Waals surface area contributed by atoms with Crippen LogP contribution in [0.25, 0.3) is 0 Å². The molecule has 0 aliphatic heterocycles. The number of aliphatic hydroxyl groups excluding tert-OH is 1. The average Bonchev–Trinajstić information content (AvgIpc) is 3.29. The number of benzene rings is 1. The molecule has 0 saturated heterocycles. The number of rotatable bonds is 7. The maximum absolute atomic E-state index is 12.6. The van der Waals surface area contributed by atoms with Crippen molar-refractivity contribution in [1.29, 1.82) is 0 Å². The van der Waals surface area contributed by atoms with Crippen molar-refractivity contribution < 1.29 is 9.90 Å². The lowest BCUT2D eigenvalue weighted by atomic mass is 9.77. The molecule has 2 N–H and O–H groups in total. The van der Waals surface area contributed by atoms with Crippen LogP contribution in [0.2, 0.25) is 0 Å². The Balaban J connectivity index is 1.67. The predicted molar refractivity (Wildman–Crippen MR) is 86.4 cm³/mol. The third-order valence-electron chi connectivity index (χ3n) is 4.89. The van der Waals surface area contributed by atoms with Gasteiger partial charge in [0.15, 0.2) is 0 Å². The third kappa shape index (κ3) is 3.80. The van der Waals surface area contributed by atoms with E-state index in [-0.39, 0.29) is 18.7 Å². The Bertz CT molecular complexity index is 483. The quantitative estimate of drug-likeness (QED) is 0.813. The SMILES string of the molecule is O=C(N[C@H](c1ccccc1)C1CCC1)N(CCO)CC1CC1. The van der Waals surface area contributed by atoms with Crippen molar-refractivity contribution in [3.05, 3.63) is 35.9 Å². The van der Waals surface area contributed by atoms with Crippen molar-refractivity contribution >= 4 is 6.03 Å². The van der Waals surface area contributed by atoms with Gasteiger partial charge in [0.05, 0.1) is 12.6 Å². The molecule has 1 aromatic rings. The molecule has 2 saturated carbocycles. The van der Waals surface area contributed by atoms with Crippen molar-refractivity contribution in [3.63, 3.8) is 0 Å². The normalized spacial score (nSPS) is 19.3. The Morgan fingerprint density at radius 1 is 1.23 bits per heavy atom. The topological polar surface area (TPSA) is 52.6 Å². The Kier molecular flexibility index (Phi) is 4.98. The average molecular weight is 302 g/mol. The first-order chi connectivity index (χ1) is 10.8. The second kappa shape index (κ2) is 7.14. The fourth-order valence-electron chi connectivity index (χ4n) is 3.14. The fourth-order valence-corrected chi connectivity index (χ4v) is 3.14. The zero-order valence-corrected chi connectivity index (χ0v) is 13.1. The lowest BCUT2D eigenvalue weighted by Gasteiger charge is -2.36. The Hall–Kier alpha value is -1.55. The van der Waals surface area contributed by atoms with Gasteiger partial charge in [-0.15, -0.1) is 0 Å². The lowest BCUT2D eigenvalue weighted by molar-refractivity contribution is 0.159. The van der Waals surface area contributed by atoms with Crippen LogP contribution < -0.4 is 5.32 Å². The van der Waals surface area contributed by atoms with Gasteiger partial charge in [0.25, 0.3) is 0 Å². The predicted octanol–water partition coefficient (Wildman–Crippen LogP) is 2.94. The summed E-state index contributed by atoms with van der Waals surface area (Å²) in [6, 6.07) is 10.3. The van der Waals surface area contributed by atoms with Gasteiger partial charge in [-0.3, -0.25) is 0 Å². The molecule has 0 heterocycles. The molecule has 2 aliphatic rings. The molecule has 4 heteroatoms. The van der Waals surface area contributed by atoms with E-state index in [0.29, 0.717) is 18.4 Å². The van der Waals surface area contributed by atoms with Crippen LogP contribution in [0.1, 0.15) is 43.7 Å². The fraction of sp³-hybridized carbons (Fsp3) is 0.611. The van der Waals surface area contributed by atoms with Gasteiger partial charge in [-0.25, -0.2) is 4.79 Å². The van der Waals surface area contributed by atoms with E-state index in [0.717, 1.165) is 6.54 Å². The molecule has 3 rings (SSSR count). The second-order valence-corrected chi connectivity index (χ2v) is 6.64. The minimum atomic E-state index is -0.0262. The van der Waals surface area contributed by atoms with Gasteiger partial charge in [-0.05, 0) is 43.1 Å². The molecule has 2 aliphatic carbocycles. The van der Waals surface area contributed by atoms with E-state index in [1.54, 1.807) is 4.90 Å². The minimum absolute atomic E-state index is 0.0262. The molecular formula is C18H26N2O2. The first kappa shape index (κ1) is 15.3. The number of aliphatic hydroxyl groups is 1. The highest BCUT2D eigenvalue weighted by Crippen LogP contribution is 2.38. The van der Waals surface area contributed by atoms with E-state index in [4.69, 9.17) is 0 Å². The van der Waals surface area contributed by atoms with E-state index >= 15 is 0 Å². The molecule has 1 atom stereocenters. The highest BCUT2D eigenvalue weighted by atomic mass is 16.3. The van der Waals surface area contributed by atoms with Crippen LogP contribution >= 0.6 is 0 Å². The number of carbonyl (C=O) groups excluding carboxylic acids is 1. The Morgan fingerprint density at radius 3 is 2.50 bits per heavy atom. The standard InChI is InChI=1S/C18H26N2O2/c21-12-11-20(13-14-9-10-14)18(22)19-17(16-7-4-8-16)15-5-2-1-3-6-15/h1-3,5-6,14,16-17,21H,4,7-13H2,(H,19,22)/t17-/m1/s1. The van der Waals surface area contributed by atoms with Crippen LogP contribution in [0.5, 0.6) is 0 Å². The summed E-state index contributed by atoms with van der Waals surface area (Å²) in [7, 11) is 0. The van der Waals surface area contributed by atoms with Crippen molar-refractivity contribution in [2.45, 2.75) is 38.1 Å². The van der Waals surface area contributed by atoms with Gasteiger partial charge in [-0.2, -0.15) is 0 Å². The number of nitrogens with one attached hydrogen (secondary N) is 1. The molecule has 1 aromatic carbocycles. The van der Waals surface area contributed by atoms with Crippen LogP contribution in [0.4, 0.5) is 4.79 Å². The van der Waals surface area contributed by atoms with Gasteiger partial charge in [0.2, 0.25) is 0 Å².